The Kier molecular flexibility index (Phi) is 8.41. The van der Waals surface area contributed by atoms with Gasteiger partial charge in [0.15, 0.2) is 11.0 Å². The highest BCUT2D eigenvalue weighted by atomic mass is 32.2. The van der Waals surface area contributed by atoms with E-state index in [0.717, 1.165) is 30.5 Å². The van der Waals surface area contributed by atoms with Gasteiger partial charge in [-0.15, -0.1) is 0 Å². The average molecular weight is 504 g/mol. The largest absolute Gasteiger partial charge is 0.326 e. The number of aryl methyl sites for hydroxylation is 2. The van der Waals surface area contributed by atoms with Gasteiger partial charge in [-0.25, -0.2) is 4.99 Å². The van der Waals surface area contributed by atoms with E-state index < -0.39 is 5.25 Å². The Morgan fingerprint density at radius 3 is 2.53 bits per heavy atom. The molecule has 2 aliphatic rings. The van der Waals surface area contributed by atoms with Crippen molar-refractivity contribution in [2.45, 2.75) is 64.5 Å². The Labute approximate surface area is 217 Å². The number of amidine groups is 1. The van der Waals surface area contributed by atoms with Crippen LogP contribution in [0.15, 0.2) is 59.1 Å². The van der Waals surface area contributed by atoms with Gasteiger partial charge in [0.1, 0.15) is 5.25 Å². The maximum absolute atomic E-state index is 13.4. The number of hydrogen-bond donors (Lipinski definition) is 1. The van der Waals surface area contributed by atoms with E-state index in [1.807, 2.05) is 18.2 Å². The van der Waals surface area contributed by atoms with Crippen molar-refractivity contribution in [2.24, 2.45) is 4.99 Å². The van der Waals surface area contributed by atoms with Crippen molar-refractivity contribution >= 4 is 45.9 Å². The predicted octanol–water partition coefficient (Wildman–Crippen LogP) is 6.36. The van der Waals surface area contributed by atoms with Crippen molar-refractivity contribution in [3.05, 3.63) is 70.8 Å². The maximum Gasteiger partial charge on any atom is 0.242 e. The van der Waals surface area contributed by atoms with Crippen LogP contribution in [0.2, 0.25) is 0 Å². The summed E-state index contributed by atoms with van der Waals surface area (Å²) in [5.74, 6) is -0.333. The summed E-state index contributed by atoms with van der Waals surface area (Å²) in [6.45, 7) is 6.19. The molecular formula is C29H33N3O3S. The summed E-state index contributed by atoms with van der Waals surface area (Å²) in [5, 5.41) is 2.98. The first-order valence-electron chi connectivity index (χ1n) is 12.5. The number of thioether (sulfide) groups is 1. The fraction of sp³-hybridized carbons (Fsp3) is 0.379. The summed E-state index contributed by atoms with van der Waals surface area (Å²) in [5.41, 5.74) is 5.75. The number of rotatable bonds is 8. The Balaban J connectivity index is 1.48. The number of anilines is 1. The average Bonchev–Trinajstić information content (AvgIpc) is 3.14. The molecule has 6 nitrogen and oxygen atoms in total. The SMILES string of the molecule is CC(=O)c1ccc(NC(=O)C[C@H]2SC(=Nc3ccc(C)c(C)c3)N(CCC3=CCCCC3)C2=O)cc1. The molecule has 36 heavy (non-hydrogen) atoms. The summed E-state index contributed by atoms with van der Waals surface area (Å²) in [6.07, 6.45) is 7.83. The highest BCUT2D eigenvalue weighted by molar-refractivity contribution is 8.15. The quantitative estimate of drug-likeness (QED) is 0.336. The summed E-state index contributed by atoms with van der Waals surface area (Å²) in [4.78, 5) is 44.2. The zero-order valence-electron chi connectivity index (χ0n) is 21.2. The lowest BCUT2D eigenvalue weighted by Gasteiger charge is -2.19. The number of carbonyl (C=O) groups is 3. The molecule has 4 rings (SSSR count). The second-order valence-electron chi connectivity index (χ2n) is 9.50. The van der Waals surface area contributed by atoms with Crippen LogP contribution >= 0.6 is 11.8 Å². The van der Waals surface area contributed by atoms with Crippen LogP contribution in [0.5, 0.6) is 0 Å². The Hall–Kier alpha value is -3.19. The lowest BCUT2D eigenvalue weighted by atomic mass is 9.97. The number of hydrogen-bond acceptors (Lipinski definition) is 5. The number of benzene rings is 2. The van der Waals surface area contributed by atoms with Crippen LogP contribution < -0.4 is 5.32 Å². The van der Waals surface area contributed by atoms with Gasteiger partial charge < -0.3 is 5.32 Å². The monoisotopic (exact) mass is 503 g/mol. The second kappa shape index (κ2) is 11.7. The number of carbonyl (C=O) groups excluding carboxylic acids is 3. The molecule has 7 heteroatoms. The minimum Gasteiger partial charge on any atom is -0.326 e. The van der Waals surface area contributed by atoms with Gasteiger partial charge in [-0.2, -0.15) is 0 Å². The Morgan fingerprint density at radius 2 is 1.86 bits per heavy atom. The van der Waals surface area contributed by atoms with Crippen LogP contribution in [0.25, 0.3) is 0 Å². The normalized spacial score (nSPS) is 18.9. The number of Topliss-reactive ketones (excluding diaryl/α,β-unsaturated/α-hetero) is 1. The molecule has 1 heterocycles. The summed E-state index contributed by atoms with van der Waals surface area (Å²) in [6, 6.07) is 12.8. The van der Waals surface area contributed by atoms with E-state index in [0.29, 0.717) is 23.0 Å². The van der Waals surface area contributed by atoms with E-state index in [1.54, 1.807) is 29.2 Å². The minimum absolute atomic E-state index is 0.0273. The van der Waals surface area contributed by atoms with E-state index in [9.17, 15) is 14.4 Å². The van der Waals surface area contributed by atoms with Crippen LogP contribution in [0.3, 0.4) is 0 Å². The van der Waals surface area contributed by atoms with Crippen molar-refractivity contribution in [1.29, 1.82) is 0 Å². The molecule has 0 saturated carbocycles. The first-order chi connectivity index (χ1) is 17.3. The van der Waals surface area contributed by atoms with Gasteiger partial charge in [-0.1, -0.05) is 29.5 Å². The van der Waals surface area contributed by atoms with Gasteiger partial charge in [0.25, 0.3) is 0 Å². The molecule has 1 N–H and O–H groups in total. The molecule has 0 bridgehead atoms. The summed E-state index contributed by atoms with van der Waals surface area (Å²) < 4.78 is 0. The number of ketones is 1. The molecule has 2 amide bonds. The summed E-state index contributed by atoms with van der Waals surface area (Å²) in [7, 11) is 0. The van der Waals surface area contributed by atoms with E-state index in [2.05, 4.69) is 25.2 Å². The number of nitrogens with zero attached hydrogens (tertiary/aromatic N) is 2. The molecule has 1 aliphatic carbocycles. The minimum atomic E-state index is -0.521. The Bertz CT molecular complexity index is 1220. The number of amides is 2. The molecule has 188 valence electrons. The van der Waals surface area contributed by atoms with Crippen molar-refractivity contribution < 1.29 is 14.4 Å². The van der Waals surface area contributed by atoms with Crippen LogP contribution in [0.1, 0.15) is 66.9 Å². The zero-order chi connectivity index (χ0) is 25.7. The van der Waals surface area contributed by atoms with Crippen molar-refractivity contribution in [1.82, 2.24) is 4.90 Å². The smallest absolute Gasteiger partial charge is 0.242 e. The standard InChI is InChI=1S/C29H33N3O3S/c1-19-9-12-25(17-20(19)2)31-29-32(16-15-22-7-5-4-6-8-22)28(35)26(36-29)18-27(34)30-24-13-10-23(11-14-24)21(3)33/h7,9-14,17,26H,4-6,8,15-16,18H2,1-3H3,(H,30,34)/t26-/m1/s1. The van der Waals surface area contributed by atoms with E-state index in [1.165, 1.54) is 42.7 Å². The molecule has 0 unspecified atom stereocenters. The van der Waals surface area contributed by atoms with Crippen molar-refractivity contribution in [2.75, 3.05) is 11.9 Å². The molecule has 0 radical (unpaired) electrons. The van der Waals surface area contributed by atoms with Gasteiger partial charge in [-0.3, -0.25) is 19.3 Å². The molecule has 0 spiro atoms. The van der Waals surface area contributed by atoms with Gasteiger partial charge in [-0.05, 0) is 100 Å². The number of nitrogens with one attached hydrogen (secondary N) is 1. The fourth-order valence-electron chi connectivity index (χ4n) is 4.39. The van der Waals surface area contributed by atoms with Gasteiger partial charge in [0.2, 0.25) is 11.8 Å². The molecular weight excluding hydrogens is 470 g/mol. The number of aliphatic imine (C=N–C) groups is 1. The highest BCUT2D eigenvalue weighted by Gasteiger charge is 2.39. The third-order valence-corrected chi connectivity index (χ3v) is 7.90. The van der Waals surface area contributed by atoms with Crippen LogP contribution in [-0.2, 0) is 9.59 Å². The molecule has 1 saturated heterocycles. The van der Waals surface area contributed by atoms with Crippen LogP contribution in [-0.4, -0.2) is 39.5 Å². The topological polar surface area (TPSA) is 78.8 Å². The maximum atomic E-state index is 13.4. The van der Waals surface area contributed by atoms with Gasteiger partial charge in [0, 0.05) is 24.2 Å². The van der Waals surface area contributed by atoms with Crippen molar-refractivity contribution in [3.8, 4) is 0 Å². The van der Waals surface area contributed by atoms with E-state index >= 15 is 0 Å². The predicted molar refractivity (Wildman–Crippen MR) is 147 cm³/mol. The molecule has 2 aromatic carbocycles. The van der Waals surface area contributed by atoms with Gasteiger partial charge in [0.05, 0.1) is 5.69 Å². The lowest BCUT2D eigenvalue weighted by molar-refractivity contribution is -0.128. The van der Waals surface area contributed by atoms with E-state index in [4.69, 9.17) is 4.99 Å². The molecule has 1 fully saturated rings. The Morgan fingerprint density at radius 1 is 1.08 bits per heavy atom. The highest BCUT2D eigenvalue weighted by Crippen LogP contribution is 2.33. The molecule has 0 aromatic heterocycles. The van der Waals surface area contributed by atoms with Crippen LogP contribution in [0, 0.1) is 13.8 Å². The fourth-order valence-corrected chi connectivity index (χ4v) is 5.58. The van der Waals surface area contributed by atoms with Crippen molar-refractivity contribution in [3.63, 3.8) is 0 Å². The first-order valence-corrected chi connectivity index (χ1v) is 13.4. The number of allylic oxidation sites excluding steroid dienone is 1. The van der Waals surface area contributed by atoms with E-state index in [-0.39, 0.29) is 24.0 Å². The molecule has 1 atom stereocenters. The van der Waals surface area contributed by atoms with Gasteiger partial charge >= 0.3 is 0 Å². The third-order valence-electron chi connectivity index (χ3n) is 6.72. The second-order valence-corrected chi connectivity index (χ2v) is 10.7. The zero-order valence-corrected chi connectivity index (χ0v) is 22.0. The first kappa shape index (κ1) is 25.9. The third kappa shape index (κ3) is 6.52. The lowest BCUT2D eigenvalue weighted by Crippen LogP contribution is -2.34. The molecule has 2 aromatic rings. The summed E-state index contributed by atoms with van der Waals surface area (Å²) >= 11 is 1.37. The van der Waals surface area contributed by atoms with Crippen LogP contribution in [0.4, 0.5) is 11.4 Å². The molecule has 1 aliphatic heterocycles.